The number of benzene rings is 2. The van der Waals surface area contributed by atoms with E-state index in [9.17, 15) is 4.79 Å². The lowest BCUT2D eigenvalue weighted by atomic mass is 10.1. The standard InChI is InChI=1S/C14H13NO2/c15-12-6-8-13(9-7-12)17-10-14(16)11-4-2-1-3-5-11/h1-9H,10,15H2. The molecule has 17 heavy (non-hydrogen) atoms. The molecule has 0 amide bonds. The summed E-state index contributed by atoms with van der Waals surface area (Å²) < 4.78 is 5.37. The van der Waals surface area contributed by atoms with Gasteiger partial charge in [-0.15, -0.1) is 0 Å². The second kappa shape index (κ2) is 5.16. The molecular weight excluding hydrogens is 214 g/mol. The van der Waals surface area contributed by atoms with Crippen molar-refractivity contribution in [1.82, 2.24) is 0 Å². The molecule has 0 saturated carbocycles. The van der Waals surface area contributed by atoms with Gasteiger partial charge in [0.2, 0.25) is 0 Å². The van der Waals surface area contributed by atoms with E-state index in [1.165, 1.54) is 0 Å². The summed E-state index contributed by atoms with van der Waals surface area (Å²) in [6.45, 7) is 0.0356. The first-order valence-corrected chi connectivity index (χ1v) is 5.32. The van der Waals surface area contributed by atoms with Crippen molar-refractivity contribution in [3.8, 4) is 5.75 Å². The van der Waals surface area contributed by atoms with Crippen LogP contribution >= 0.6 is 0 Å². The van der Waals surface area contributed by atoms with Crippen LogP contribution in [0, 0.1) is 0 Å². The number of hydrogen-bond acceptors (Lipinski definition) is 3. The zero-order chi connectivity index (χ0) is 12.1. The van der Waals surface area contributed by atoms with Gasteiger partial charge in [-0.05, 0) is 24.3 Å². The average Bonchev–Trinajstić information content (AvgIpc) is 2.39. The molecule has 0 spiro atoms. The SMILES string of the molecule is Nc1ccc(OCC(=O)c2ccccc2)cc1. The van der Waals surface area contributed by atoms with E-state index >= 15 is 0 Å². The maximum absolute atomic E-state index is 11.7. The quantitative estimate of drug-likeness (QED) is 0.645. The zero-order valence-electron chi connectivity index (χ0n) is 9.30. The van der Waals surface area contributed by atoms with Gasteiger partial charge in [0.25, 0.3) is 0 Å². The molecule has 0 unspecified atom stereocenters. The third-order valence-corrected chi connectivity index (χ3v) is 2.35. The summed E-state index contributed by atoms with van der Waals surface area (Å²) in [6.07, 6.45) is 0. The predicted molar refractivity (Wildman–Crippen MR) is 67.1 cm³/mol. The number of anilines is 1. The average molecular weight is 227 g/mol. The maximum Gasteiger partial charge on any atom is 0.200 e. The van der Waals surface area contributed by atoms with Gasteiger partial charge >= 0.3 is 0 Å². The van der Waals surface area contributed by atoms with E-state index in [0.717, 1.165) is 0 Å². The number of hydrogen-bond donors (Lipinski definition) is 1. The normalized spacial score (nSPS) is 9.88. The van der Waals surface area contributed by atoms with Crippen molar-refractivity contribution < 1.29 is 9.53 Å². The highest BCUT2D eigenvalue weighted by molar-refractivity contribution is 5.97. The van der Waals surface area contributed by atoms with E-state index in [-0.39, 0.29) is 12.4 Å². The lowest BCUT2D eigenvalue weighted by molar-refractivity contribution is 0.0921. The molecule has 2 aromatic rings. The summed E-state index contributed by atoms with van der Waals surface area (Å²) in [4.78, 5) is 11.7. The number of nitrogens with two attached hydrogens (primary N) is 1. The molecule has 3 nitrogen and oxygen atoms in total. The molecule has 0 aliphatic heterocycles. The summed E-state index contributed by atoms with van der Waals surface area (Å²) in [6, 6.07) is 16.0. The monoisotopic (exact) mass is 227 g/mol. The minimum Gasteiger partial charge on any atom is -0.485 e. The van der Waals surface area contributed by atoms with Gasteiger partial charge in [0.1, 0.15) is 5.75 Å². The van der Waals surface area contributed by atoms with E-state index in [1.807, 2.05) is 18.2 Å². The Labute approximate surface area is 99.8 Å². The molecule has 2 rings (SSSR count). The van der Waals surface area contributed by atoms with Crippen LogP contribution in [0.2, 0.25) is 0 Å². The first-order chi connectivity index (χ1) is 8.25. The lowest BCUT2D eigenvalue weighted by Crippen LogP contribution is -2.11. The molecule has 0 radical (unpaired) electrons. The van der Waals surface area contributed by atoms with Crippen molar-refractivity contribution in [3.63, 3.8) is 0 Å². The largest absolute Gasteiger partial charge is 0.485 e. The third-order valence-electron chi connectivity index (χ3n) is 2.35. The van der Waals surface area contributed by atoms with E-state index in [1.54, 1.807) is 36.4 Å². The molecule has 0 heterocycles. The second-order valence-corrected chi connectivity index (χ2v) is 3.65. The molecule has 2 aromatic carbocycles. The summed E-state index contributed by atoms with van der Waals surface area (Å²) in [7, 11) is 0. The number of ether oxygens (including phenoxy) is 1. The Morgan fingerprint density at radius 2 is 1.65 bits per heavy atom. The molecule has 86 valence electrons. The first kappa shape index (κ1) is 11.2. The van der Waals surface area contributed by atoms with Gasteiger partial charge in [0, 0.05) is 11.3 Å². The smallest absolute Gasteiger partial charge is 0.200 e. The van der Waals surface area contributed by atoms with Crippen LogP contribution in [-0.4, -0.2) is 12.4 Å². The fourth-order valence-corrected chi connectivity index (χ4v) is 1.42. The number of ketones is 1. The topological polar surface area (TPSA) is 52.3 Å². The summed E-state index contributed by atoms with van der Waals surface area (Å²) in [5.74, 6) is 0.603. The second-order valence-electron chi connectivity index (χ2n) is 3.65. The van der Waals surface area contributed by atoms with Crippen molar-refractivity contribution in [1.29, 1.82) is 0 Å². The molecule has 0 aromatic heterocycles. The fourth-order valence-electron chi connectivity index (χ4n) is 1.42. The molecule has 0 bridgehead atoms. The first-order valence-electron chi connectivity index (χ1n) is 5.32. The number of carbonyl (C=O) groups excluding carboxylic acids is 1. The number of nitrogen functional groups attached to an aromatic ring is 1. The Kier molecular flexibility index (Phi) is 3.40. The van der Waals surface area contributed by atoms with Crippen molar-refractivity contribution in [2.45, 2.75) is 0 Å². The van der Waals surface area contributed by atoms with E-state index in [0.29, 0.717) is 17.0 Å². The van der Waals surface area contributed by atoms with Crippen LogP contribution in [0.4, 0.5) is 5.69 Å². The van der Waals surface area contributed by atoms with Gasteiger partial charge in [-0.1, -0.05) is 30.3 Å². The van der Waals surface area contributed by atoms with Gasteiger partial charge in [0.05, 0.1) is 0 Å². The number of carbonyl (C=O) groups is 1. The summed E-state index contributed by atoms with van der Waals surface area (Å²) >= 11 is 0. The number of Topliss-reactive ketones (excluding diaryl/α,β-unsaturated/α-hetero) is 1. The van der Waals surface area contributed by atoms with Crippen molar-refractivity contribution in [2.75, 3.05) is 12.3 Å². The van der Waals surface area contributed by atoms with E-state index in [2.05, 4.69) is 0 Å². The van der Waals surface area contributed by atoms with Gasteiger partial charge in [0.15, 0.2) is 12.4 Å². The van der Waals surface area contributed by atoms with Crippen LogP contribution in [0.5, 0.6) is 5.75 Å². The fraction of sp³-hybridized carbons (Fsp3) is 0.0714. The third kappa shape index (κ3) is 3.08. The van der Waals surface area contributed by atoms with Crippen LogP contribution in [0.25, 0.3) is 0 Å². The summed E-state index contributed by atoms with van der Waals surface area (Å²) in [5, 5.41) is 0. The van der Waals surface area contributed by atoms with Gasteiger partial charge in [-0.2, -0.15) is 0 Å². The van der Waals surface area contributed by atoms with Crippen molar-refractivity contribution >= 4 is 11.5 Å². The van der Waals surface area contributed by atoms with Crippen LogP contribution in [0.1, 0.15) is 10.4 Å². The highest BCUT2D eigenvalue weighted by Crippen LogP contribution is 2.13. The number of rotatable bonds is 4. The molecule has 0 fully saturated rings. The Morgan fingerprint density at radius 1 is 1.00 bits per heavy atom. The van der Waals surface area contributed by atoms with Crippen molar-refractivity contribution in [2.24, 2.45) is 0 Å². The van der Waals surface area contributed by atoms with Crippen LogP contribution in [0.15, 0.2) is 54.6 Å². The Bertz CT molecular complexity index is 491. The lowest BCUT2D eigenvalue weighted by Gasteiger charge is -2.05. The highest BCUT2D eigenvalue weighted by Gasteiger charge is 2.05. The van der Waals surface area contributed by atoms with E-state index in [4.69, 9.17) is 10.5 Å². The van der Waals surface area contributed by atoms with Crippen LogP contribution in [-0.2, 0) is 0 Å². The highest BCUT2D eigenvalue weighted by atomic mass is 16.5. The van der Waals surface area contributed by atoms with Crippen molar-refractivity contribution in [3.05, 3.63) is 60.2 Å². The minimum absolute atomic E-state index is 0.0356. The molecular formula is C14H13NO2. The molecule has 2 N–H and O–H groups in total. The Hall–Kier alpha value is -2.29. The van der Waals surface area contributed by atoms with Crippen LogP contribution in [0.3, 0.4) is 0 Å². The molecule has 3 heteroatoms. The maximum atomic E-state index is 11.7. The predicted octanol–water partition coefficient (Wildman–Crippen LogP) is 2.53. The van der Waals surface area contributed by atoms with Gasteiger partial charge in [-0.25, -0.2) is 0 Å². The zero-order valence-corrected chi connectivity index (χ0v) is 9.30. The van der Waals surface area contributed by atoms with E-state index < -0.39 is 0 Å². The molecule has 0 aliphatic rings. The molecule has 0 atom stereocenters. The molecule has 0 aliphatic carbocycles. The van der Waals surface area contributed by atoms with Crippen LogP contribution < -0.4 is 10.5 Å². The van der Waals surface area contributed by atoms with Gasteiger partial charge < -0.3 is 10.5 Å². The Balaban J connectivity index is 1.95. The Morgan fingerprint density at radius 3 is 2.29 bits per heavy atom. The summed E-state index contributed by atoms with van der Waals surface area (Å²) in [5.41, 5.74) is 6.88. The minimum atomic E-state index is -0.0394. The van der Waals surface area contributed by atoms with Gasteiger partial charge in [-0.3, -0.25) is 4.79 Å². The molecule has 0 saturated heterocycles.